The molecule has 0 radical (unpaired) electrons. The van der Waals surface area contributed by atoms with E-state index in [1.807, 2.05) is 39.8 Å². The maximum atomic E-state index is 11.0. The summed E-state index contributed by atoms with van der Waals surface area (Å²) in [4.78, 5) is 11.0. The summed E-state index contributed by atoms with van der Waals surface area (Å²) < 4.78 is 5.53. The number of rotatable bonds is 4. The van der Waals surface area contributed by atoms with Crippen LogP contribution in [0.25, 0.3) is 0 Å². The standard InChI is InChI=1S/C16H19NO3/c1-9-5-6-13(16(18)19)8-15(9)17-11(3)14-7-10(2)20-12(14)4/h5-8,11,17H,1-4H3,(H,18,19). The maximum Gasteiger partial charge on any atom is 0.335 e. The zero-order chi connectivity index (χ0) is 14.9. The van der Waals surface area contributed by atoms with Gasteiger partial charge in [-0.1, -0.05) is 6.07 Å². The first kappa shape index (κ1) is 14.2. The third kappa shape index (κ3) is 2.85. The summed E-state index contributed by atoms with van der Waals surface area (Å²) in [5.41, 5.74) is 3.21. The molecule has 0 saturated carbocycles. The zero-order valence-corrected chi connectivity index (χ0v) is 12.2. The number of nitrogens with one attached hydrogen (secondary N) is 1. The van der Waals surface area contributed by atoms with Crippen LogP contribution in [0.1, 0.15) is 46.0 Å². The van der Waals surface area contributed by atoms with Gasteiger partial charge in [0.2, 0.25) is 0 Å². The molecule has 0 amide bonds. The minimum absolute atomic E-state index is 0.0511. The maximum absolute atomic E-state index is 11.0. The lowest BCUT2D eigenvalue weighted by atomic mass is 10.1. The molecule has 0 spiro atoms. The average molecular weight is 273 g/mol. The third-order valence-electron chi connectivity index (χ3n) is 3.40. The second-order valence-corrected chi connectivity index (χ2v) is 5.07. The second-order valence-electron chi connectivity index (χ2n) is 5.07. The summed E-state index contributed by atoms with van der Waals surface area (Å²) in [6.07, 6.45) is 0. The average Bonchev–Trinajstić information content (AvgIpc) is 2.71. The highest BCUT2D eigenvalue weighted by Gasteiger charge is 2.14. The Kier molecular flexibility index (Phi) is 3.84. The number of benzene rings is 1. The van der Waals surface area contributed by atoms with Gasteiger partial charge >= 0.3 is 5.97 Å². The van der Waals surface area contributed by atoms with E-state index < -0.39 is 5.97 Å². The minimum atomic E-state index is -0.920. The van der Waals surface area contributed by atoms with Crippen molar-refractivity contribution >= 4 is 11.7 Å². The molecule has 1 unspecified atom stereocenters. The first-order valence-corrected chi connectivity index (χ1v) is 6.56. The third-order valence-corrected chi connectivity index (χ3v) is 3.40. The topological polar surface area (TPSA) is 62.5 Å². The van der Waals surface area contributed by atoms with E-state index in [1.54, 1.807) is 12.1 Å². The van der Waals surface area contributed by atoms with Crippen LogP contribution in [0.2, 0.25) is 0 Å². The number of aromatic carboxylic acids is 1. The Balaban J connectivity index is 2.27. The molecular weight excluding hydrogens is 254 g/mol. The largest absolute Gasteiger partial charge is 0.478 e. The first-order chi connectivity index (χ1) is 9.38. The Hall–Kier alpha value is -2.23. The van der Waals surface area contributed by atoms with Crippen molar-refractivity contribution in [1.29, 1.82) is 0 Å². The molecule has 2 rings (SSSR count). The summed E-state index contributed by atoms with van der Waals surface area (Å²) in [6, 6.07) is 7.14. The molecular formula is C16H19NO3. The molecule has 0 bridgehead atoms. The molecule has 2 aromatic rings. The number of furan rings is 1. The Morgan fingerprint density at radius 3 is 2.50 bits per heavy atom. The van der Waals surface area contributed by atoms with Crippen molar-refractivity contribution in [2.75, 3.05) is 5.32 Å². The predicted octanol–water partition coefficient (Wildman–Crippen LogP) is 4.08. The van der Waals surface area contributed by atoms with E-state index in [-0.39, 0.29) is 11.6 Å². The molecule has 2 N–H and O–H groups in total. The van der Waals surface area contributed by atoms with Gasteiger partial charge in [0.1, 0.15) is 11.5 Å². The van der Waals surface area contributed by atoms with Crippen molar-refractivity contribution in [3.8, 4) is 0 Å². The van der Waals surface area contributed by atoms with Gasteiger partial charge in [-0.3, -0.25) is 0 Å². The van der Waals surface area contributed by atoms with Crippen molar-refractivity contribution in [2.45, 2.75) is 33.7 Å². The van der Waals surface area contributed by atoms with Gasteiger partial charge in [-0.05, 0) is 51.5 Å². The molecule has 0 aliphatic rings. The predicted molar refractivity (Wildman–Crippen MR) is 78.4 cm³/mol. The number of hydrogen-bond donors (Lipinski definition) is 2. The lowest BCUT2D eigenvalue weighted by molar-refractivity contribution is 0.0697. The highest BCUT2D eigenvalue weighted by molar-refractivity contribution is 5.89. The fourth-order valence-corrected chi connectivity index (χ4v) is 2.30. The molecule has 0 fully saturated rings. The van der Waals surface area contributed by atoms with Crippen LogP contribution in [-0.2, 0) is 0 Å². The lowest BCUT2D eigenvalue weighted by Gasteiger charge is -2.17. The van der Waals surface area contributed by atoms with Crippen LogP contribution in [-0.4, -0.2) is 11.1 Å². The zero-order valence-electron chi connectivity index (χ0n) is 12.2. The number of carboxylic acid groups (broad SMARTS) is 1. The molecule has 20 heavy (non-hydrogen) atoms. The smallest absolute Gasteiger partial charge is 0.335 e. The van der Waals surface area contributed by atoms with Gasteiger partial charge in [0, 0.05) is 11.3 Å². The Labute approximate surface area is 118 Å². The first-order valence-electron chi connectivity index (χ1n) is 6.56. The molecule has 1 heterocycles. The summed E-state index contributed by atoms with van der Waals surface area (Å²) in [7, 11) is 0. The summed E-state index contributed by atoms with van der Waals surface area (Å²) in [6.45, 7) is 7.83. The van der Waals surface area contributed by atoms with Gasteiger partial charge in [-0.2, -0.15) is 0 Å². The number of anilines is 1. The van der Waals surface area contributed by atoms with Gasteiger partial charge in [0.25, 0.3) is 0 Å². The molecule has 1 aromatic heterocycles. The Morgan fingerprint density at radius 1 is 1.25 bits per heavy atom. The van der Waals surface area contributed by atoms with E-state index in [1.165, 1.54) is 0 Å². The number of carbonyl (C=O) groups is 1. The molecule has 106 valence electrons. The monoisotopic (exact) mass is 273 g/mol. The van der Waals surface area contributed by atoms with Gasteiger partial charge in [-0.15, -0.1) is 0 Å². The van der Waals surface area contributed by atoms with Crippen molar-refractivity contribution in [3.63, 3.8) is 0 Å². The fraction of sp³-hybridized carbons (Fsp3) is 0.312. The van der Waals surface area contributed by atoms with Gasteiger partial charge < -0.3 is 14.8 Å². The SMILES string of the molecule is Cc1cc(C(C)Nc2cc(C(=O)O)ccc2C)c(C)o1. The molecule has 4 nitrogen and oxygen atoms in total. The van der Waals surface area contributed by atoms with E-state index in [4.69, 9.17) is 9.52 Å². The van der Waals surface area contributed by atoms with Crippen molar-refractivity contribution < 1.29 is 14.3 Å². The summed E-state index contributed by atoms with van der Waals surface area (Å²) in [5, 5.41) is 12.4. The lowest BCUT2D eigenvalue weighted by Crippen LogP contribution is -2.09. The van der Waals surface area contributed by atoms with Crippen molar-refractivity contribution in [2.24, 2.45) is 0 Å². The van der Waals surface area contributed by atoms with E-state index in [0.29, 0.717) is 0 Å². The molecule has 0 aliphatic heterocycles. The van der Waals surface area contributed by atoms with Crippen LogP contribution in [0.3, 0.4) is 0 Å². The van der Waals surface area contributed by atoms with Crippen LogP contribution < -0.4 is 5.32 Å². The minimum Gasteiger partial charge on any atom is -0.478 e. The summed E-state index contributed by atoms with van der Waals surface area (Å²) in [5.74, 6) is 0.841. The van der Waals surface area contributed by atoms with Crippen molar-refractivity contribution in [3.05, 3.63) is 52.5 Å². The van der Waals surface area contributed by atoms with E-state index >= 15 is 0 Å². The van der Waals surface area contributed by atoms with E-state index in [2.05, 4.69) is 5.32 Å². The fourth-order valence-electron chi connectivity index (χ4n) is 2.30. The quantitative estimate of drug-likeness (QED) is 0.881. The van der Waals surface area contributed by atoms with E-state index in [9.17, 15) is 4.79 Å². The van der Waals surface area contributed by atoms with Crippen LogP contribution in [0.15, 0.2) is 28.7 Å². The second kappa shape index (κ2) is 5.41. The highest BCUT2D eigenvalue weighted by atomic mass is 16.4. The molecule has 1 atom stereocenters. The number of carboxylic acids is 1. The van der Waals surface area contributed by atoms with E-state index in [0.717, 1.165) is 28.3 Å². The number of hydrogen-bond acceptors (Lipinski definition) is 3. The van der Waals surface area contributed by atoms with Crippen molar-refractivity contribution in [1.82, 2.24) is 0 Å². The van der Waals surface area contributed by atoms with Crippen LogP contribution >= 0.6 is 0 Å². The Morgan fingerprint density at radius 2 is 1.95 bits per heavy atom. The molecule has 1 aromatic carbocycles. The van der Waals surface area contributed by atoms with Crippen LogP contribution in [0.4, 0.5) is 5.69 Å². The van der Waals surface area contributed by atoms with Gasteiger partial charge in [0.15, 0.2) is 0 Å². The van der Waals surface area contributed by atoms with Crippen LogP contribution in [0, 0.1) is 20.8 Å². The van der Waals surface area contributed by atoms with Crippen LogP contribution in [0.5, 0.6) is 0 Å². The summed E-state index contributed by atoms with van der Waals surface area (Å²) >= 11 is 0. The molecule has 0 saturated heterocycles. The number of aryl methyl sites for hydroxylation is 3. The Bertz CT molecular complexity index is 643. The molecule has 4 heteroatoms. The van der Waals surface area contributed by atoms with Gasteiger partial charge in [-0.25, -0.2) is 4.79 Å². The normalized spacial score (nSPS) is 12.2. The van der Waals surface area contributed by atoms with Gasteiger partial charge in [0.05, 0.1) is 11.6 Å². The molecule has 0 aliphatic carbocycles. The highest BCUT2D eigenvalue weighted by Crippen LogP contribution is 2.27.